The molecule has 13 aromatic carbocycles. The molecule has 78 heavy (non-hydrogen) atoms. The first kappa shape index (κ1) is 42.2. The topological polar surface area (TPSA) is 8.17 Å². The SMILES string of the molecule is c1ccc2c(c1)-c1ccccc1C21c2cc(N(c3ccc(-c4cccc5ccccc45)cc3)c3ccc4c(c3)C3(c5ccccc5-4)c4ccccc4-n4c5ccccc5c5cccc3c54)ccc2-c2c1ccc1ccccc21. The molecule has 0 N–H and O–H groups in total. The number of hydrogen-bond acceptors (Lipinski definition) is 1. The van der Waals surface area contributed by atoms with Crippen LogP contribution in [0.3, 0.4) is 0 Å². The fourth-order valence-electron chi connectivity index (χ4n) is 15.4. The lowest BCUT2D eigenvalue weighted by atomic mass is 9.65. The van der Waals surface area contributed by atoms with Crippen molar-refractivity contribution in [3.8, 4) is 50.2 Å². The molecule has 0 bridgehead atoms. The number of rotatable bonds is 4. The van der Waals surface area contributed by atoms with Crippen molar-refractivity contribution in [1.29, 1.82) is 0 Å². The highest BCUT2D eigenvalue weighted by molar-refractivity contribution is 6.13. The average Bonchev–Trinajstić information content (AvgIpc) is 2.90. The maximum Gasteiger partial charge on any atom is 0.0755 e. The van der Waals surface area contributed by atoms with Crippen LogP contribution in [0.25, 0.3) is 93.5 Å². The summed E-state index contributed by atoms with van der Waals surface area (Å²) in [7, 11) is 0. The summed E-state index contributed by atoms with van der Waals surface area (Å²) in [5, 5.41) is 7.59. The van der Waals surface area contributed by atoms with Crippen molar-refractivity contribution >= 4 is 60.4 Å². The van der Waals surface area contributed by atoms with Gasteiger partial charge in [-0.05, 0) is 159 Å². The quantitative estimate of drug-likeness (QED) is 0.171. The molecule has 0 fully saturated rings. The summed E-state index contributed by atoms with van der Waals surface area (Å²) in [5.74, 6) is 0. The molecular formula is C76H46N2. The Morgan fingerprint density at radius 1 is 0.269 bits per heavy atom. The molecule has 18 rings (SSSR count). The van der Waals surface area contributed by atoms with Crippen LogP contribution < -0.4 is 4.90 Å². The molecule has 2 heterocycles. The lowest BCUT2D eigenvalue weighted by Crippen LogP contribution is -2.33. The summed E-state index contributed by atoms with van der Waals surface area (Å²) < 4.78 is 2.54. The first-order valence-corrected chi connectivity index (χ1v) is 27.3. The van der Waals surface area contributed by atoms with Gasteiger partial charge in [0.05, 0.1) is 27.6 Å². The lowest BCUT2D eigenvalue weighted by molar-refractivity contribution is 0.748. The average molecular weight is 987 g/mol. The highest BCUT2D eigenvalue weighted by atomic mass is 15.1. The molecule has 0 amide bonds. The molecule has 1 aromatic heterocycles. The van der Waals surface area contributed by atoms with E-state index in [0.717, 1.165) is 17.1 Å². The molecule has 2 heteroatoms. The van der Waals surface area contributed by atoms with E-state index >= 15 is 0 Å². The van der Waals surface area contributed by atoms with Gasteiger partial charge < -0.3 is 9.47 Å². The van der Waals surface area contributed by atoms with Crippen LogP contribution in [0, 0.1) is 0 Å². The van der Waals surface area contributed by atoms with Gasteiger partial charge in [0.2, 0.25) is 0 Å². The largest absolute Gasteiger partial charge is 0.310 e. The van der Waals surface area contributed by atoms with Crippen molar-refractivity contribution in [3.63, 3.8) is 0 Å². The summed E-state index contributed by atoms with van der Waals surface area (Å²) in [6.45, 7) is 0. The lowest BCUT2D eigenvalue weighted by Gasteiger charge is -2.40. The van der Waals surface area contributed by atoms with E-state index in [1.165, 1.54) is 138 Å². The van der Waals surface area contributed by atoms with Gasteiger partial charge in [0, 0.05) is 27.8 Å². The Balaban J connectivity index is 0.922. The number of nitrogens with zero attached hydrogens (tertiary/aromatic N) is 2. The van der Waals surface area contributed by atoms with Crippen molar-refractivity contribution in [1.82, 2.24) is 4.57 Å². The highest BCUT2D eigenvalue weighted by Gasteiger charge is 2.53. The van der Waals surface area contributed by atoms with Crippen LogP contribution in [-0.2, 0) is 10.8 Å². The highest BCUT2D eigenvalue weighted by Crippen LogP contribution is 2.66. The monoisotopic (exact) mass is 986 g/mol. The molecule has 360 valence electrons. The molecule has 14 aromatic rings. The minimum absolute atomic E-state index is 0.533. The van der Waals surface area contributed by atoms with Crippen LogP contribution >= 0.6 is 0 Å². The number of anilines is 3. The maximum atomic E-state index is 2.55. The molecule has 1 unspecified atom stereocenters. The number of hydrogen-bond donors (Lipinski definition) is 0. The van der Waals surface area contributed by atoms with Crippen LogP contribution in [0.5, 0.6) is 0 Å². The van der Waals surface area contributed by atoms with Crippen molar-refractivity contribution < 1.29 is 0 Å². The number of para-hydroxylation sites is 3. The zero-order chi connectivity index (χ0) is 50.8. The zero-order valence-corrected chi connectivity index (χ0v) is 42.5. The van der Waals surface area contributed by atoms with E-state index in [1.807, 2.05) is 0 Å². The van der Waals surface area contributed by atoms with Gasteiger partial charge in [0.15, 0.2) is 0 Å². The van der Waals surface area contributed by atoms with Crippen LogP contribution in [0.4, 0.5) is 17.1 Å². The molecular weight excluding hydrogens is 941 g/mol. The third-order valence-electron chi connectivity index (χ3n) is 18.4. The Morgan fingerprint density at radius 3 is 1.46 bits per heavy atom. The number of aromatic nitrogens is 1. The van der Waals surface area contributed by atoms with Gasteiger partial charge in [-0.25, -0.2) is 0 Å². The summed E-state index contributed by atoms with van der Waals surface area (Å²) in [6, 6.07) is 106. The van der Waals surface area contributed by atoms with E-state index in [0.29, 0.717) is 0 Å². The molecule has 0 saturated carbocycles. The van der Waals surface area contributed by atoms with Crippen LogP contribution in [0.15, 0.2) is 279 Å². The minimum Gasteiger partial charge on any atom is -0.310 e. The predicted octanol–water partition coefficient (Wildman–Crippen LogP) is 19.2. The fraction of sp³-hybridized carbons (Fsp3) is 0.0263. The standard InChI is InChI=1S/C76H46N2/c1-3-20-53-47(17-1)19-15-26-54(53)49-35-38-50(39-36-49)77(52-41-43-62-70(46-52)75(67-44-37-48-18-2-4-21-55(48)73(62)67)63-28-9-5-22-56(63)57-23-6-10-29-64(57)75)51-40-42-59-58-24-7-11-30-65(58)76(69(59)45-51)66-31-12-14-34-72(66)78-71-33-13-8-25-60(71)61-27-16-32-68(76)74(61)78/h1-46H. The number of benzene rings is 13. The first-order chi connectivity index (χ1) is 38.7. The third kappa shape index (κ3) is 5.18. The third-order valence-corrected chi connectivity index (χ3v) is 18.4. The van der Waals surface area contributed by atoms with Gasteiger partial charge in [0.1, 0.15) is 0 Å². The second-order valence-corrected chi connectivity index (χ2v) is 21.8. The van der Waals surface area contributed by atoms with Crippen molar-refractivity contribution in [2.75, 3.05) is 4.90 Å². The van der Waals surface area contributed by atoms with Gasteiger partial charge in [-0.2, -0.15) is 0 Å². The Bertz CT molecular complexity index is 4890. The van der Waals surface area contributed by atoms with Gasteiger partial charge >= 0.3 is 0 Å². The van der Waals surface area contributed by atoms with Crippen LogP contribution in [0.2, 0.25) is 0 Å². The van der Waals surface area contributed by atoms with E-state index in [9.17, 15) is 0 Å². The smallest absolute Gasteiger partial charge is 0.0755 e. The molecule has 3 aliphatic carbocycles. The summed E-state index contributed by atoms with van der Waals surface area (Å²) >= 11 is 0. The van der Waals surface area contributed by atoms with Crippen LogP contribution in [0.1, 0.15) is 44.5 Å². The molecule has 0 radical (unpaired) electrons. The number of fused-ring (bicyclic) bond motifs is 25. The molecule has 4 aliphatic rings. The van der Waals surface area contributed by atoms with E-state index < -0.39 is 10.8 Å². The predicted molar refractivity (Wildman–Crippen MR) is 323 cm³/mol. The minimum atomic E-state index is -0.603. The van der Waals surface area contributed by atoms with Crippen molar-refractivity contribution in [2.24, 2.45) is 0 Å². The Morgan fingerprint density at radius 2 is 0.744 bits per heavy atom. The van der Waals surface area contributed by atoms with E-state index in [4.69, 9.17) is 0 Å². The van der Waals surface area contributed by atoms with Crippen molar-refractivity contribution in [2.45, 2.75) is 10.8 Å². The second-order valence-electron chi connectivity index (χ2n) is 21.8. The normalized spacial score (nSPS) is 15.3. The van der Waals surface area contributed by atoms with Gasteiger partial charge in [-0.15, -0.1) is 0 Å². The summed E-state index contributed by atoms with van der Waals surface area (Å²) in [4.78, 5) is 2.54. The zero-order valence-electron chi connectivity index (χ0n) is 42.5. The summed E-state index contributed by atoms with van der Waals surface area (Å²) in [5.41, 5.74) is 26.7. The van der Waals surface area contributed by atoms with Crippen LogP contribution in [-0.4, -0.2) is 4.57 Å². The Hall–Kier alpha value is -10.0. The second kappa shape index (κ2) is 15.3. The van der Waals surface area contributed by atoms with E-state index in [1.54, 1.807) is 0 Å². The molecule has 2 nitrogen and oxygen atoms in total. The van der Waals surface area contributed by atoms with Gasteiger partial charge in [-0.3, -0.25) is 0 Å². The molecule has 2 spiro atoms. The Labute approximate surface area is 452 Å². The molecule has 1 atom stereocenters. The Kier molecular flexibility index (Phi) is 8.29. The van der Waals surface area contributed by atoms with E-state index in [-0.39, 0.29) is 0 Å². The van der Waals surface area contributed by atoms with Crippen molar-refractivity contribution in [3.05, 3.63) is 324 Å². The van der Waals surface area contributed by atoms with Gasteiger partial charge in [0.25, 0.3) is 0 Å². The maximum absolute atomic E-state index is 2.55. The molecule has 1 aliphatic heterocycles. The molecule has 0 saturated heterocycles. The van der Waals surface area contributed by atoms with E-state index in [2.05, 4.69) is 289 Å². The summed E-state index contributed by atoms with van der Waals surface area (Å²) in [6.07, 6.45) is 0. The fourth-order valence-corrected chi connectivity index (χ4v) is 15.4. The first-order valence-electron chi connectivity index (χ1n) is 27.3. The van der Waals surface area contributed by atoms with Gasteiger partial charge in [-0.1, -0.05) is 231 Å².